The quantitative estimate of drug-likeness (QED) is 0.854. The number of nitrogens with zero attached hydrogens (tertiary/aromatic N) is 2. The first-order chi connectivity index (χ1) is 8.38. The summed E-state index contributed by atoms with van der Waals surface area (Å²) < 4.78 is 5.06. The van der Waals surface area contributed by atoms with E-state index in [2.05, 4.69) is 15.3 Å². The van der Waals surface area contributed by atoms with Crippen LogP contribution in [0.2, 0.25) is 0 Å². The van der Waals surface area contributed by atoms with Crippen LogP contribution in [0.15, 0.2) is 42.9 Å². The highest BCUT2D eigenvalue weighted by Crippen LogP contribution is 2.10. The van der Waals surface area contributed by atoms with Gasteiger partial charge in [-0.05, 0) is 17.7 Å². The van der Waals surface area contributed by atoms with Crippen LogP contribution in [0.25, 0.3) is 0 Å². The van der Waals surface area contributed by atoms with E-state index in [9.17, 15) is 0 Å². The van der Waals surface area contributed by atoms with Gasteiger partial charge in [-0.2, -0.15) is 0 Å². The zero-order valence-corrected chi connectivity index (χ0v) is 9.76. The van der Waals surface area contributed by atoms with Gasteiger partial charge in [0.2, 0.25) is 0 Å². The fourth-order valence-corrected chi connectivity index (χ4v) is 1.50. The fourth-order valence-electron chi connectivity index (χ4n) is 1.50. The highest BCUT2D eigenvalue weighted by molar-refractivity contribution is 5.44. The molecule has 17 heavy (non-hydrogen) atoms. The predicted octanol–water partition coefficient (Wildman–Crippen LogP) is 2.24. The Labute approximate surface area is 101 Å². The Morgan fingerprint density at radius 2 is 2.00 bits per heavy atom. The molecule has 4 nitrogen and oxygen atoms in total. The SMILES string of the molecule is COCc1ccc(NCc2cnccn2)cc1. The second-order valence-corrected chi connectivity index (χ2v) is 3.68. The third-order valence-corrected chi connectivity index (χ3v) is 2.36. The number of rotatable bonds is 5. The van der Waals surface area contributed by atoms with Crippen molar-refractivity contribution in [2.75, 3.05) is 12.4 Å². The molecule has 0 spiro atoms. The highest BCUT2D eigenvalue weighted by atomic mass is 16.5. The summed E-state index contributed by atoms with van der Waals surface area (Å²) in [6, 6.07) is 8.15. The molecule has 0 unspecified atom stereocenters. The number of nitrogens with one attached hydrogen (secondary N) is 1. The molecular formula is C13H15N3O. The van der Waals surface area contributed by atoms with E-state index in [0.717, 1.165) is 16.9 Å². The van der Waals surface area contributed by atoms with Crippen LogP contribution >= 0.6 is 0 Å². The van der Waals surface area contributed by atoms with Crippen LogP contribution in [0.5, 0.6) is 0 Å². The molecule has 2 rings (SSSR count). The average molecular weight is 229 g/mol. The van der Waals surface area contributed by atoms with Gasteiger partial charge in [0.1, 0.15) is 0 Å². The molecule has 0 saturated heterocycles. The van der Waals surface area contributed by atoms with E-state index in [1.165, 1.54) is 0 Å². The summed E-state index contributed by atoms with van der Waals surface area (Å²) in [6.07, 6.45) is 5.12. The third-order valence-electron chi connectivity index (χ3n) is 2.36. The Balaban J connectivity index is 1.91. The van der Waals surface area contributed by atoms with Crippen LogP contribution in [-0.4, -0.2) is 17.1 Å². The predicted molar refractivity (Wildman–Crippen MR) is 66.5 cm³/mol. The minimum atomic E-state index is 0.643. The normalized spacial score (nSPS) is 10.2. The Bertz CT molecular complexity index is 442. The lowest BCUT2D eigenvalue weighted by Gasteiger charge is -2.06. The zero-order chi connectivity index (χ0) is 11.9. The summed E-state index contributed by atoms with van der Waals surface area (Å²) in [5, 5.41) is 3.29. The summed E-state index contributed by atoms with van der Waals surface area (Å²) in [4.78, 5) is 8.21. The topological polar surface area (TPSA) is 47.0 Å². The van der Waals surface area contributed by atoms with Crippen molar-refractivity contribution < 1.29 is 4.74 Å². The zero-order valence-electron chi connectivity index (χ0n) is 9.76. The number of hydrogen-bond donors (Lipinski definition) is 1. The van der Waals surface area contributed by atoms with Crippen molar-refractivity contribution in [3.8, 4) is 0 Å². The van der Waals surface area contributed by atoms with Gasteiger partial charge in [-0.1, -0.05) is 12.1 Å². The molecule has 2 aromatic rings. The maximum atomic E-state index is 5.06. The molecule has 1 aromatic carbocycles. The standard InChI is InChI=1S/C13H15N3O/c1-17-10-11-2-4-12(5-3-11)16-9-13-8-14-6-7-15-13/h2-8,16H,9-10H2,1H3. The maximum absolute atomic E-state index is 5.06. The average Bonchev–Trinajstić information content (AvgIpc) is 2.40. The van der Waals surface area contributed by atoms with E-state index in [1.807, 2.05) is 24.3 Å². The maximum Gasteiger partial charge on any atom is 0.0777 e. The van der Waals surface area contributed by atoms with Gasteiger partial charge in [0, 0.05) is 25.2 Å². The number of benzene rings is 1. The number of ether oxygens (including phenoxy) is 1. The van der Waals surface area contributed by atoms with E-state index >= 15 is 0 Å². The lowest BCUT2D eigenvalue weighted by Crippen LogP contribution is -2.01. The van der Waals surface area contributed by atoms with Crippen molar-refractivity contribution in [2.24, 2.45) is 0 Å². The smallest absolute Gasteiger partial charge is 0.0777 e. The number of anilines is 1. The lowest BCUT2D eigenvalue weighted by molar-refractivity contribution is 0.185. The third kappa shape index (κ3) is 3.53. The first kappa shape index (κ1) is 11.5. The molecule has 0 fully saturated rings. The number of methoxy groups -OCH3 is 1. The van der Waals surface area contributed by atoms with Crippen molar-refractivity contribution in [1.82, 2.24) is 9.97 Å². The summed E-state index contributed by atoms with van der Waals surface area (Å²) in [7, 11) is 1.69. The molecule has 1 N–H and O–H groups in total. The van der Waals surface area contributed by atoms with Crippen LogP contribution in [-0.2, 0) is 17.9 Å². The Morgan fingerprint density at radius 1 is 1.18 bits per heavy atom. The molecule has 4 heteroatoms. The molecule has 88 valence electrons. The molecule has 0 bridgehead atoms. The molecule has 0 atom stereocenters. The second kappa shape index (κ2) is 5.96. The Morgan fingerprint density at radius 3 is 2.65 bits per heavy atom. The van der Waals surface area contributed by atoms with E-state index in [1.54, 1.807) is 25.7 Å². The summed E-state index contributed by atoms with van der Waals surface area (Å²) in [6.45, 7) is 1.32. The molecular weight excluding hydrogens is 214 g/mol. The molecule has 0 aliphatic rings. The van der Waals surface area contributed by atoms with Crippen molar-refractivity contribution in [3.63, 3.8) is 0 Å². The Kier molecular flexibility index (Phi) is 4.05. The molecule has 0 amide bonds. The number of aromatic nitrogens is 2. The van der Waals surface area contributed by atoms with Crippen molar-refractivity contribution in [1.29, 1.82) is 0 Å². The molecule has 0 aliphatic heterocycles. The van der Waals surface area contributed by atoms with E-state index in [4.69, 9.17) is 4.74 Å². The minimum Gasteiger partial charge on any atom is -0.380 e. The largest absolute Gasteiger partial charge is 0.380 e. The first-order valence-corrected chi connectivity index (χ1v) is 5.45. The van der Waals surface area contributed by atoms with Crippen LogP contribution < -0.4 is 5.32 Å². The van der Waals surface area contributed by atoms with Gasteiger partial charge in [-0.15, -0.1) is 0 Å². The minimum absolute atomic E-state index is 0.643. The van der Waals surface area contributed by atoms with Gasteiger partial charge >= 0.3 is 0 Å². The first-order valence-electron chi connectivity index (χ1n) is 5.45. The molecule has 0 radical (unpaired) electrons. The molecule has 0 saturated carbocycles. The van der Waals surface area contributed by atoms with Crippen molar-refractivity contribution in [3.05, 3.63) is 54.1 Å². The van der Waals surface area contributed by atoms with E-state index in [0.29, 0.717) is 13.2 Å². The summed E-state index contributed by atoms with van der Waals surface area (Å²) in [5.74, 6) is 0. The van der Waals surface area contributed by atoms with Gasteiger partial charge in [-0.3, -0.25) is 9.97 Å². The van der Waals surface area contributed by atoms with Gasteiger partial charge in [-0.25, -0.2) is 0 Å². The molecule has 1 heterocycles. The van der Waals surface area contributed by atoms with Crippen LogP contribution in [0.3, 0.4) is 0 Å². The van der Waals surface area contributed by atoms with E-state index < -0.39 is 0 Å². The van der Waals surface area contributed by atoms with Crippen molar-refractivity contribution >= 4 is 5.69 Å². The second-order valence-electron chi connectivity index (χ2n) is 3.68. The summed E-state index contributed by atoms with van der Waals surface area (Å²) in [5.41, 5.74) is 3.15. The monoisotopic (exact) mass is 229 g/mol. The van der Waals surface area contributed by atoms with Crippen LogP contribution in [0.4, 0.5) is 5.69 Å². The highest BCUT2D eigenvalue weighted by Gasteiger charge is 1.96. The van der Waals surface area contributed by atoms with Gasteiger partial charge in [0.25, 0.3) is 0 Å². The molecule has 0 aliphatic carbocycles. The van der Waals surface area contributed by atoms with Crippen LogP contribution in [0, 0.1) is 0 Å². The van der Waals surface area contributed by atoms with Gasteiger partial charge in [0.15, 0.2) is 0 Å². The van der Waals surface area contributed by atoms with Crippen LogP contribution in [0.1, 0.15) is 11.3 Å². The van der Waals surface area contributed by atoms with Gasteiger partial charge < -0.3 is 10.1 Å². The van der Waals surface area contributed by atoms with E-state index in [-0.39, 0.29) is 0 Å². The Hall–Kier alpha value is -1.94. The fraction of sp³-hybridized carbons (Fsp3) is 0.231. The number of hydrogen-bond acceptors (Lipinski definition) is 4. The molecule has 1 aromatic heterocycles. The van der Waals surface area contributed by atoms with Crippen molar-refractivity contribution in [2.45, 2.75) is 13.2 Å². The lowest BCUT2D eigenvalue weighted by atomic mass is 10.2. The summed E-state index contributed by atoms with van der Waals surface area (Å²) >= 11 is 0. The van der Waals surface area contributed by atoms with Gasteiger partial charge in [0.05, 0.1) is 25.0 Å².